The van der Waals surface area contributed by atoms with Crippen LogP contribution in [0, 0.1) is 0 Å². The van der Waals surface area contributed by atoms with E-state index in [-0.39, 0.29) is 12.1 Å². The summed E-state index contributed by atoms with van der Waals surface area (Å²) in [6, 6.07) is 7.93. The fourth-order valence-corrected chi connectivity index (χ4v) is 2.75. The SMILES string of the molecule is O=C(/C=C/c1cc(Cl)c2c(c1)OCCCO2)NNC(=O)Cn1ccccc1=O. The Bertz CT molecular complexity index is 970. The number of benzene rings is 1. The van der Waals surface area contributed by atoms with Crippen LogP contribution in [0.1, 0.15) is 12.0 Å². The molecule has 3 rings (SSSR count). The Balaban J connectivity index is 1.56. The molecular weight excluding hydrogens is 386 g/mol. The smallest absolute Gasteiger partial charge is 0.262 e. The summed E-state index contributed by atoms with van der Waals surface area (Å²) in [5.74, 6) is -0.0680. The van der Waals surface area contributed by atoms with Gasteiger partial charge in [-0.2, -0.15) is 0 Å². The first kappa shape index (κ1) is 19.5. The molecule has 9 heteroatoms. The lowest BCUT2D eigenvalue weighted by Gasteiger charge is -2.10. The van der Waals surface area contributed by atoms with E-state index in [4.69, 9.17) is 21.1 Å². The second kappa shape index (κ2) is 9.09. The van der Waals surface area contributed by atoms with E-state index in [1.54, 1.807) is 24.3 Å². The number of nitrogens with one attached hydrogen (secondary N) is 2. The molecule has 0 aliphatic carbocycles. The normalized spacial score (nSPS) is 13.0. The summed E-state index contributed by atoms with van der Waals surface area (Å²) in [4.78, 5) is 35.3. The number of halogens is 1. The maximum absolute atomic E-state index is 11.9. The average Bonchev–Trinajstić information content (AvgIpc) is 2.92. The van der Waals surface area contributed by atoms with E-state index in [0.717, 1.165) is 6.42 Å². The van der Waals surface area contributed by atoms with Crippen LogP contribution in [-0.4, -0.2) is 29.6 Å². The van der Waals surface area contributed by atoms with E-state index in [1.807, 2.05) is 0 Å². The zero-order valence-electron chi connectivity index (χ0n) is 14.8. The van der Waals surface area contributed by atoms with Crippen LogP contribution < -0.4 is 25.9 Å². The molecule has 28 heavy (non-hydrogen) atoms. The molecule has 0 bridgehead atoms. The Morgan fingerprint density at radius 1 is 1.18 bits per heavy atom. The number of hydrogen-bond donors (Lipinski definition) is 2. The van der Waals surface area contributed by atoms with Gasteiger partial charge in [0.15, 0.2) is 11.5 Å². The summed E-state index contributed by atoms with van der Waals surface area (Å²) in [5.41, 5.74) is 4.83. The number of hydrazine groups is 1. The van der Waals surface area contributed by atoms with Crippen molar-refractivity contribution in [1.29, 1.82) is 0 Å². The van der Waals surface area contributed by atoms with E-state index >= 15 is 0 Å². The van der Waals surface area contributed by atoms with Crippen molar-refractivity contribution in [3.8, 4) is 11.5 Å². The molecule has 0 saturated carbocycles. The zero-order valence-corrected chi connectivity index (χ0v) is 15.6. The Labute approximate surface area is 165 Å². The van der Waals surface area contributed by atoms with Crippen LogP contribution in [0.5, 0.6) is 11.5 Å². The molecule has 1 aromatic heterocycles. The highest BCUT2D eigenvalue weighted by Gasteiger charge is 2.15. The fraction of sp³-hybridized carbons (Fsp3) is 0.211. The van der Waals surface area contributed by atoms with Gasteiger partial charge in [-0.25, -0.2) is 0 Å². The fourth-order valence-electron chi connectivity index (χ4n) is 2.48. The minimum absolute atomic E-state index is 0.207. The summed E-state index contributed by atoms with van der Waals surface area (Å²) in [5, 5.41) is 0.390. The first-order valence-corrected chi connectivity index (χ1v) is 8.92. The molecule has 0 saturated heterocycles. The Morgan fingerprint density at radius 2 is 2.00 bits per heavy atom. The van der Waals surface area contributed by atoms with E-state index < -0.39 is 11.8 Å². The first-order valence-electron chi connectivity index (χ1n) is 8.54. The van der Waals surface area contributed by atoms with Gasteiger partial charge in [0.25, 0.3) is 17.4 Å². The molecule has 146 valence electrons. The molecule has 0 fully saturated rings. The minimum Gasteiger partial charge on any atom is -0.489 e. The Kier molecular flexibility index (Phi) is 6.33. The Morgan fingerprint density at radius 3 is 2.82 bits per heavy atom. The third kappa shape index (κ3) is 5.14. The number of rotatable bonds is 4. The zero-order chi connectivity index (χ0) is 19.9. The lowest BCUT2D eigenvalue weighted by Crippen LogP contribution is -2.43. The number of pyridine rings is 1. The van der Waals surface area contributed by atoms with Crippen LogP contribution in [0.4, 0.5) is 0 Å². The molecule has 1 aliphatic heterocycles. The topological polar surface area (TPSA) is 98.7 Å². The van der Waals surface area contributed by atoms with Crippen molar-refractivity contribution in [3.05, 3.63) is 63.5 Å². The van der Waals surface area contributed by atoms with E-state index in [9.17, 15) is 14.4 Å². The quantitative estimate of drug-likeness (QED) is 0.595. The van der Waals surface area contributed by atoms with Gasteiger partial charge in [0.1, 0.15) is 6.54 Å². The van der Waals surface area contributed by atoms with Crippen LogP contribution in [0.15, 0.2) is 47.4 Å². The van der Waals surface area contributed by atoms with Gasteiger partial charge in [0.05, 0.1) is 18.2 Å². The summed E-state index contributed by atoms with van der Waals surface area (Å²) in [7, 11) is 0. The third-order valence-electron chi connectivity index (χ3n) is 3.79. The summed E-state index contributed by atoms with van der Waals surface area (Å²) in [6.45, 7) is 0.841. The number of aromatic nitrogens is 1. The van der Waals surface area contributed by atoms with Crippen molar-refractivity contribution in [2.75, 3.05) is 13.2 Å². The van der Waals surface area contributed by atoms with Crippen molar-refractivity contribution in [2.45, 2.75) is 13.0 Å². The van der Waals surface area contributed by atoms with Gasteiger partial charge < -0.3 is 14.0 Å². The number of amides is 2. The minimum atomic E-state index is -0.544. The molecule has 2 heterocycles. The van der Waals surface area contributed by atoms with Gasteiger partial charge in [-0.15, -0.1) is 0 Å². The molecular formula is C19H18ClN3O5. The highest BCUT2D eigenvalue weighted by Crippen LogP contribution is 2.38. The second-order valence-corrected chi connectivity index (χ2v) is 6.33. The standard InChI is InChI=1S/C19H18ClN3O5/c20-14-10-13(11-15-19(14)28-9-3-8-27-15)5-6-16(24)21-22-17(25)12-23-7-2-1-4-18(23)26/h1-2,4-7,10-11H,3,8-9,12H2,(H,21,24)(H,22,25)/b6-5+. The highest BCUT2D eigenvalue weighted by molar-refractivity contribution is 6.32. The molecule has 1 aromatic carbocycles. The molecule has 2 aromatic rings. The van der Waals surface area contributed by atoms with Crippen molar-refractivity contribution < 1.29 is 19.1 Å². The van der Waals surface area contributed by atoms with Crippen molar-refractivity contribution >= 4 is 29.5 Å². The van der Waals surface area contributed by atoms with Crippen LogP contribution in [0.2, 0.25) is 5.02 Å². The van der Waals surface area contributed by atoms with E-state index in [0.29, 0.717) is 35.3 Å². The number of fused-ring (bicyclic) bond motifs is 1. The lowest BCUT2D eigenvalue weighted by atomic mass is 10.2. The van der Waals surface area contributed by atoms with Crippen LogP contribution in [0.3, 0.4) is 0 Å². The number of nitrogens with zero attached hydrogens (tertiary/aromatic N) is 1. The van der Waals surface area contributed by atoms with Crippen molar-refractivity contribution in [2.24, 2.45) is 0 Å². The number of carbonyl (C=O) groups excluding carboxylic acids is 2. The van der Waals surface area contributed by atoms with Gasteiger partial charge >= 0.3 is 0 Å². The molecule has 0 spiro atoms. The lowest BCUT2D eigenvalue weighted by molar-refractivity contribution is -0.127. The molecule has 1 aliphatic rings. The molecule has 2 N–H and O–H groups in total. The summed E-state index contributed by atoms with van der Waals surface area (Å²) < 4.78 is 12.4. The number of ether oxygens (including phenoxy) is 2. The largest absolute Gasteiger partial charge is 0.489 e. The molecule has 0 radical (unpaired) electrons. The van der Waals surface area contributed by atoms with Gasteiger partial charge in [0, 0.05) is 24.8 Å². The maximum atomic E-state index is 11.9. The summed E-state index contributed by atoms with van der Waals surface area (Å²) in [6.07, 6.45) is 5.01. The van der Waals surface area contributed by atoms with E-state index in [1.165, 1.54) is 29.0 Å². The van der Waals surface area contributed by atoms with Crippen molar-refractivity contribution in [1.82, 2.24) is 15.4 Å². The predicted molar refractivity (Wildman–Crippen MR) is 103 cm³/mol. The molecule has 0 atom stereocenters. The highest BCUT2D eigenvalue weighted by atomic mass is 35.5. The number of hydrogen-bond acceptors (Lipinski definition) is 5. The van der Waals surface area contributed by atoms with Crippen LogP contribution >= 0.6 is 11.6 Å². The van der Waals surface area contributed by atoms with Gasteiger partial charge in [-0.1, -0.05) is 17.7 Å². The average molecular weight is 404 g/mol. The molecule has 0 unspecified atom stereocenters. The van der Waals surface area contributed by atoms with E-state index in [2.05, 4.69) is 10.9 Å². The second-order valence-electron chi connectivity index (χ2n) is 5.92. The summed E-state index contributed by atoms with van der Waals surface area (Å²) >= 11 is 6.20. The van der Waals surface area contributed by atoms with Gasteiger partial charge in [-0.05, 0) is 29.8 Å². The third-order valence-corrected chi connectivity index (χ3v) is 4.07. The molecule has 8 nitrogen and oxygen atoms in total. The van der Waals surface area contributed by atoms with Crippen LogP contribution in [0.25, 0.3) is 6.08 Å². The van der Waals surface area contributed by atoms with Crippen LogP contribution in [-0.2, 0) is 16.1 Å². The maximum Gasteiger partial charge on any atom is 0.262 e. The van der Waals surface area contributed by atoms with Gasteiger partial charge in [0.2, 0.25) is 0 Å². The first-order chi connectivity index (χ1) is 13.5. The predicted octanol–water partition coefficient (Wildman–Crippen LogP) is 1.52. The van der Waals surface area contributed by atoms with Crippen molar-refractivity contribution in [3.63, 3.8) is 0 Å². The Hall–Kier alpha value is -3.26. The molecule has 2 amide bonds. The number of carbonyl (C=O) groups is 2. The monoisotopic (exact) mass is 403 g/mol. The van der Waals surface area contributed by atoms with Gasteiger partial charge in [-0.3, -0.25) is 25.2 Å².